The number of rotatable bonds is 7. The van der Waals surface area contributed by atoms with Crippen LogP contribution in [-0.2, 0) is 16.0 Å². The van der Waals surface area contributed by atoms with E-state index in [9.17, 15) is 14.7 Å². The van der Waals surface area contributed by atoms with Crippen LogP contribution in [0.4, 0.5) is 0 Å². The standard InChI is InChI=1S/C18H20N2O5/c19-15(10-17(22)23)12-3-7-14(8-4-12)25-18(24)16(20)9-11-1-5-13(21)6-2-11/h1-8,15-16,21H,9-10,19-20H2,(H,22,23)/t15-,16-/m0/s1. The van der Waals surface area contributed by atoms with Gasteiger partial charge in [0.2, 0.25) is 0 Å². The lowest BCUT2D eigenvalue weighted by Gasteiger charge is -2.13. The number of carbonyl (C=O) groups excluding carboxylic acids is 1. The number of ether oxygens (including phenoxy) is 1. The van der Waals surface area contributed by atoms with E-state index < -0.39 is 24.0 Å². The first-order valence-corrected chi connectivity index (χ1v) is 7.67. The van der Waals surface area contributed by atoms with Gasteiger partial charge in [0.05, 0.1) is 6.42 Å². The molecule has 0 radical (unpaired) electrons. The summed E-state index contributed by atoms with van der Waals surface area (Å²) in [7, 11) is 0. The summed E-state index contributed by atoms with van der Waals surface area (Å²) >= 11 is 0. The topological polar surface area (TPSA) is 136 Å². The number of carboxylic acids is 1. The summed E-state index contributed by atoms with van der Waals surface area (Å²) in [5.74, 6) is -1.13. The molecule has 0 aromatic heterocycles. The molecule has 25 heavy (non-hydrogen) atoms. The van der Waals surface area contributed by atoms with E-state index in [1.165, 1.54) is 12.1 Å². The molecular formula is C18H20N2O5. The van der Waals surface area contributed by atoms with Crippen molar-refractivity contribution in [1.29, 1.82) is 0 Å². The van der Waals surface area contributed by atoms with Gasteiger partial charge in [-0.2, -0.15) is 0 Å². The molecule has 0 spiro atoms. The number of esters is 1. The molecule has 2 aromatic carbocycles. The Kier molecular flexibility index (Phi) is 6.10. The quantitative estimate of drug-likeness (QED) is 0.439. The number of nitrogens with two attached hydrogens (primary N) is 2. The monoisotopic (exact) mass is 344 g/mol. The van der Waals surface area contributed by atoms with Crippen LogP contribution in [0.15, 0.2) is 48.5 Å². The van der Waals surface area contributed by atoms with Crippen LogP contribution in [-0.4, -0.2) is 28.2 Å². The number of phenolic OH excluding ortho intramolecular Hbond substituents is 1. The third-order valence-corrected chi connectivity index (χ3v) is 3.62. The van der Waals surface area contributed by atoms with Gasteiger partial charge in [-0.05, 0) is 41.8 Å². The summed E-state index contributed by atoms with van der Waals surface area (Å²) in [4.78, 5) is 22.7. The van der Waals surface area contributed by atoms with Gasteiger partial charge in [0.1, 0.15) is 17.5 Å². The molecule has 2 atom stereocenters. The third-order valence-electron chi connectivity index (χ3n) is 3.62. The SMILES string of the molecule is N[C@@H](Cc1ccc(O)cc1)C(=O)Oc1ccc([C@@H](N)CC(=O)O)cc1. The highest BCUT2D eigenvalue weighted by molar-refractivity contribution is 5.78. The molecule has 0 unspecified atom stereocenters. The third kappa shape index (κ3) is 5.59. The molecule has 132 valence electrons. The van der Waals surface area contributed by atoms with Crippen LogP contribution >= 0.6 is 0 Å². The van der Waals surface area contributed by atoms with Crippen molar-refractivity contribution in [2.75, 3.05) is 0 Å². The largest absolute Gasteiger partial charge is 0.508 e. The Hall–Kier alpha value is -2.90. The van der Waals surface area contributed by atoms with E-state index in [1.54, 1.807) is 36.4 Å². The minimum Gasteiger partial charge on any atom is -0.508 e. The van der Waals surface area contributed by atoms with E-state index in [2.05, 4.69) is 0 Å². The highest BCUT2D eigenvalue weighted by Crippen LogP contribution is 2.19. The molecule has 0 aliphatic rings. The number of hydrogen-bond donors (Lipinski definition) is 4. The maximum absolute atomic E-state index is 12.0. The molecule has 0 saturated heterocycles. The van der Waals surface area contributed by atoms with E-state index in [4.69, 9.17) is 21.3 Å². The minimum atomic E-state index is -0.983. The summed E-state index contributed by atoms with van der Waals surface area (Å²) in [6.07, 6.45) is 0.0946. The average Bonchev–Trinajstić information content (AvgIpc) is 2.57. The van der Waals surface area contributed by atoms with E-state index in [0.29, 0.717) is 11.3 Å². The van der Waals surface area contributed by atoms with Crippen molar-refractivity contribution in [1.82, 2.24) is 0 Å². The summed E-state index contributed by atoms with van der Waals surface area (Å²) in [5.41, 5.74) is 13.0. The van der Waals surface area contributed by atoms with Crippen LogP contribution in [0.1, 0.15) is 23.6 Å². The van der Waals surface area contributed by atoms with Gasteiger partial charge in [-0.3, -0.25) is 4.79 Å². The van der Waals surface area contributed by atoms with Crippen molar-refractivity contribution in [2.45, 2.75) is 24.9 Å². The van der Waals surface area contributed by atoms with E-state index in [1.807, 2.05) is 0 Å². The molecule has 0 fully saturated rings. The summed E-state index contributed by atoms with van der Waals surface area (Å²) < 4.78 is 5.22. The van der Waals surface area contributed by atoms with Crippen LogP contribution in [0.5, 0.6) is 11.5 Å². The first kappa shape index (κ1) is 18.4. The van der Waals surface area contributed by atoms with Gasteiger partial charge in [-0.1, -0.05) is 24.3 Å². The summed E-state index contributed by atoms with van der Waals surface area (Å²) in [5, 5.41) is 18.0. The summed E-state index contributed by atoms with van der Waals surface area (Å²) in [6, 6.07) is 11.2. The van der Waals surface area contributed by atoms with E-state index in [-0.39, 0.29) is 18.6 Å². The van der Waals surface area contributed by atoms with Gasteiger partial charge < -0.3 is 26.4 Å². The van der Waals surface area contributed by atoms with Crippen molar-refractivity contribution in [3.8, 4) is 11.5 Å². The number of benzene rings is 2. The Morgan fingerprint density at radius 3 is 2.16 bits per heavy atom. The van der Waals surface area contributed by atoms with Gasteiger partial charge >= 0.3 is 11.9 Å². The maximum Gasteiger partial charge on any atom is 0.328 e. The summed E-state index contributed by atoms with van der Waals surface area (Å²) in [6.45, 7) is 0. The highest BCUT2D eigenvalue weighted by Gasteiger charge is 2.17. The van der Waals surface area contributed by atoms with E-state index >= 15 is 0 Å². The Bertz CT molecular complexity index is 728. The maximum atomic E-state index is 12.0. The van der Waals surface area contributed by atoms with Crippen LogP contribution in [0.3, 0.4) is 0 Å². The minimum absolute atomic E-state index is 0.140. The lowest BCUT2D eigenvalue weighted by molar-refractivity contribution is -0.137. The molecule has 0 saturated carbocycles. The zero-order valence-corrected chi connectivity index (χ0v) is 13.5. The average molecular weight is 344 g/mol. The Labute approximate surface area is 144 Å². The first-order valence-electron chi connectivity index (χ1n) is 7.67. The number of aliphatic carboxylic acids is 1. The number of hydrogen-bond acceptors (Lipinski definition) is 6. The normalized spacial score (nSPS) is 13.0. The first-order chi connectivity index (χ1) is 11.8. The molecule has 2 aromatic rings. The fourth-order valence-corrected chi connectivity index (χ4v) is 2.25. The van der Waals surface area contributed by atoms with E-state index in [0.717, 1.165) is 5.56 Å². The fourth-order valence-electron chi connectivity index (χ4n) is 2.25. The Morgan fingerprint density at radius 2 is 1.60 bits per heavy atom. The van der Waals surface area contributed by atoms with Crippen molar-refractivity contribution < 1.29 is 24.5 Å². The smallest absolute Gasteiger partial charge is 0.328 e. The lowest BCUT2D eigenvalue weighted by Crippen LogP contribution is -2.36. The molecule has 0 aliphatic heterocycles. The molecule has 6 N–H and O–H groups in total. The van der Waals surface area contributed by atoms with Crippen molar-refractivity contribution in [3.63, 3.8) is 0 Å². The van der Waals surface area contributed by atoms with Crippen LogP contribution in [0, 0.1) is 0 Å². The lowest BCUT2D eigenvalue weighted by atomic mass is 10.0. The zero-order valence-electron chi connectivity index (χ0n) is 13.5. The number of aromatic hydroxyl groups is 1. The predicted molar refractivity (Wildman–Crippen MR) is 91.0 cm³/mol. The van der Waals surface area contributed by atoms with Crippen LogP contribution < -0.4 is 16.2 Å². The number of phenols is 1. The highest BCUT2D eigenvalue weighted by atomic mass is 16.5. The Morgan fingerprint density at radius 1 is 1.00 bits per heavy atom. The fraction of sp³-hybridized carbons (Fsp3) is 0.222. The molecule has 0 aliphatic carbocycles. The number of carbonyl (C=O) groups is 2. The van der Waals surface area contributed by atoms with Crippen LogP contribution in [0.25, 0.3) is 0 Å². The molecule has 0 bridgehead atoms. The second-order valence-corrected chi connectivity index (χ2v) is 5.67. The predicted octanol–water partition coefficient (Wildman–Crippen LogP) is 1.34. The Balaban J connectivity index is 1.93. The van der Waals surface area contributed by atoms with Gasteiger partial charge in [-0.15, -0.1) is 0 Å². The van der Waals surface area contributed by atoms with Crippen molar-refractivity contribution in [2.24, 2.45) is 11.5 Å². The van der Waals surface area contributed by atoms with Gasteiger partial charge in [0, 0.05) is 6.04 Å². The van der Waals surface area contributed by atoms with Crippen molar-refractivity contribution in [3.05, 3.63) is 59.7 Å². The van der Waals surface area contributed by atoms with Crippen LogP contribution in [0.2, 0.25) is 0 Å². The molecule has 0 heterocycles. The van der Waals surface area contributed by atoms with Gasteiger partial charge in [0.15, 0.2) is 0 Å². The molecule has 2 rings (SSSR count). The van der Waals surface area contributed by atoms with Gasteiger partial charge in [0.25, 0.3) is 0 Å². The zero-order chi connectivity index (χ0) is 18.4. The van der Waals surface area contributed by atoms with Crippen molar-refractivity contribution >= 4 is 11.9 Å². The molecule has 0 amide bonds. The molecular weight excluding hydrogens is 324 g/mol. The van der Waals surface area contributed by atoms with Gasteiger partial charge in [-0.25, -0.2) is 4.79 Å². The second-order valence-electron chi connectivity index (χ2n) is 5.67. The number of carboxylic acid groups (broad SMARTS) is 1. The molecule has 7 nitrogen and oxygen atoms in total. The molecule has 7 heteroatoms. The second kappa shape index (κ2) is 8.27.